The van der Waals surface area contributed by atoms with Crippen molar-refractivity contribution in [1.29, 1.82) is 0 Å². The van der Waals surface area contributed by atoms with E-state index < -0.39 is 0 Å². The van der Waals surface area contributed by atoms with E-state index >= 15 is 0 Å². The fourth-order valence-electron chi connectivity index (χ4n) is 1.29. The van der Waals surface area contributed by atoms with E-state index in [2.05, 4.69) is 36.9 Å². The van der Waals surface area contributed by atoms with Crippen molar-refractivity contribution in [2.45, 2.75) is 6.92 Å². The molecule has 15 heavy (non-hydrogen) atoms. The highest BCUT2D eigenvalue weighted by molar-refractivity contribution is 7.80. The van der Waals surface area contributed by atoms with Crippen molar-refractivity contribution in [1.82, 2.24) is 0 Å². The molecule has 1 heterocycles. The largest absolute Gasteiger partial charge is 0.102 e. The highest BCUT2D eigenvalue weighted by Gasteiger charge is 2.00. The smallest absolute Gasteiger partial charge is 0.0955 e. The van der Waals surface area contributed by atoms with Gasteiger partial charge >= 0.3 is 0 Å². The molecule has 0 radical (unpaired) electrons. The Morgan fingerprint density at radius 3 is 2.33 bits per heavy atom. The molecule has 1 aromatic carbocycles. The zero-order valence-electron chi connectivity index (χ0n) is 8.32. The molecule has 0 nitrogen and oxygen atoms in total. The lowest BCUT2D eigenvalue weighted by molar-refractivity contribution is 1.58. The van der Waals surface area contributed by atoms with Gasteiger partial charge in [0.1, 0.15) is 3.82 Å². The third kappa shape index (κ3) is 2.43. The van der Waals surface area contributed by atoms with Crippen LogP contribution in [0.5, 0.6) is 0 Å². The van der Waals surface area contributed by atoms with Gasteiger partial charge in [0.25, 0.3) is 0 Å². The first-order chi connectivity index (χ1) is 7.16. The van der Waals surface area contributed by atoms with Crippen LogP contribution in [0.2, 0.25) is 0 Å². The Bertz CT molecular complexity index is 528. The molecule has 0 aliphatic heterocycles. The summed E-state index contributed by atoms with van der Waals surface area (Å²) in [5.41, 5.74) is 3.52. The zero-order chi connectivity index (χ0) is 10.8. The lowest BCUT2D eigenvalue weighted by Crippen LogP contribution is -1.77. The average Bonchev–Trinajstić information content (AvgIpc) is 2.65. The molecule has 76 valence electrons. The standard InChI is InChI=1S/C12H10S3/c1-8(2)9-3-5-10(6-4-9)11-7-12(13)15-14-11/h3-7H,1H2,2H3. The summed E-state index contributed by atoms with van der Waals surface area (Å²) in [7, 11) is 3.38. The number of rotatable bonds is 2. The second kappa shape index (κ2) is 4.39. The van der Waals surface area contributed by atoms with Gasteiger partial charge in [0.05, 0.1) is 0 Å². The number of benzene rings is 1. The summed E-state index contributed by atoms with van der Waals surface area (Å²) in [5, 5.41) is 0. The van der Waals surface area contributed by atoms with Gasteiger partial charge in [0.2, 0.25) is 0 Å². The molecule has 2 aromatic rings. The minimum atomic E-state index is 0.957. The molecule has 0 aliphatic rings. The highest BCUT2D eigenvalue weighted by Crippen LogP contribution is 2.29. The Morgan fingerprint density at radius 1 is 1.20 bits per heavy atom. The van der Waals surface area contributed by atoms with Gasteiger partial charge in [-0.2, -0.15) is 0 Å². The van der Waals surface area contributed by atoms with Crippen LogP contribution in [0.1, 0.15) is 12.5 Å². The topological polar surface area (TPSA) is 0 Å². The van der Waals surface area contributed by atoms with Crippen LogP contribution in [0.4, 0.5) is 0 Å². The first-order valence-corrected chi connectivity index (χ1v) is 7.09. The molecule has 0 fully saturated rings. The number of allylic oxidation sites excluding steroid dienone is 1. The zero-order valence-corrected chi connectivity index (χ0v) is 10.8. The minimum absolute atomic E-state index is 0.957. The van der Waals surface area contributed by atoms with Crippen molar-refractivity contribution in [3.05, 3.63) is 46.3 Å². The van der Waals surface area contributed by atoms with E-state index in [1.54, 1.807) is 20.7 Å². The molecule has 0 bridgehead atoms. The summed E-state index contributed by atoms with van der Waals surface area (Å²) in [4.78, 5) is 1.25. The van der Waals surface area contributed by atoms with Crippen LogP contribution < -0.4 is 0 Å². The van der Waals surface area contributed by atoms with E-state index in [1.807, 2.05) is 6.92 Å². The van der Waals surface area contributed by atoms with Gasteiger partial charge in [0.15, 0.2) is 0 Å². The molecule has 0 saturated heterocycles. The second-order valence-corrected chi connectivity index (χ2v) is 6.26. The monoisotopic (exact) mass is 250 g/mol. The number of hydrogen-bond acceptors (Lipinski definition) is 3. The lowest BCUT2D eigenvalue weighted by atomic mass is 10.1. The maximum Gasteiger partial charge on any atom is 0.102 e. The molecule has 0 atom stereocenters. The fourth-order valence-corrected chi connectivity index (χ4v) is 3.69. The normalized spacial score (nSPS) is 10.2. The Morgan fingerprint density at radius 2 is 1.87 bits per heavy atom. The quantitative estimate of drug-likeness (QED) is 0.519. The van der Waals surface area contributed by atoms with Crippen LogP contribution in [0, 0.1) is 3.82 Å². The maximum atomic E-state index is 5.12. The van der Waals surface area contributed by atoms with Crippen LogP contribution in [0.25, 0.3) is 16.0 Å². The highest BCUT2D eigenvalue weighted by atomic mass is 32.9. The molecule has 0 amide bonds. The molecule has 0 unspecified atom stereocenters. The van der Waals surface area contributed by atoms with Crippen molar-refractivity contribution >= 4 is 38.5 Å². The molecule has 0 N–H and O–H groups in total. The van der Waals surface area contributed by atoms with Crippen molar-refractivity contribution in [3.8, 4) is 10.4 Å². The molecular weight excluding hydrogens is 240 g/mol. The summed E-state index contributed by atoms with van der Waals surface area (Å²) in [6.07, 6.45) is 0. The second-order valence-electron chi connectivity index (χ2n) is 3.35. The van der Waals surface area contributed by atoms with E-state index in [4.69, 9.17) is 12.2 Å². The van der Waals surface area contributed by atoms with E-state index in [0.29, 0.717) is 0 Å². The average molecular weight is 250 g/mol. The van der Waals surface area contributed by atoms with Crippen molar-refractivity contribution in [3.63, 3.8) is 0 Å². The Labute approximate surface area is 102 Å². The molecule has 0 spiro atoms. The van der Waals surface area contributed by atoms with Gasteiger partial charge in [-0.1, -0.05) is 69.3 Å². The molecule has 1 aromatic heterocycles. The molecule has 0 saturated carbocycles. The molecule has 2 rings (SSSR count). The first-order valence-electron chi connectivity index (χ1n) is 4.53. The van der Waals surface area contributed by atoms with Gasteiger partial charge in [-0.25, -0.2) is 0 Å². The lowest BCUT2D eigenvalue weighted by Gasteiger charge is -2.00. The summed E-state index contributed by atoms with van der Waals surface area (Å²) < 4.78 is 0.957. The number of hydrogen-bond donors (Lipinski definition) is 0. The van der Waals surface area contributed by atoms with Crippen LogP contribution in [0.15, 0.2) is 36.9 Å². The summed E-state index contributed by atoms with van der Waals surface area (Å²) in [5.74, 6) is 0. The predicted octanol–water partition coefficient (Wildman–Crippen LogP) is 5.24. The molecule has 0 aliphatic carbocycles. The van der Waals surface area contributed by atoms with Gasteiger partial charge in [-0.05, 0) is 24.1 Å². The minimum Gasteiger partial charge on any atom is -0.0955 e. The third-order valence-corrected chi connectivity index (χ3v) is 5.04. The van der Waals surface area contributed by atoms with Crippen molar-refractivity contribution in [2.75, 3.05) is 0 Å². The van der Waals surface area contributed by atoms with Gasteiger partial charge in [-0.3, -0.25) is 0 Å². The molecular formula is C12H10S3. The van der Waals surface area contributed by atoms with Gasteiger partial charge in [0, 0.05) is 4.88 Å². The van der Waals surface area contributed by atoms with Crippen LogP contribution in [-0.4, -0.2) is 0 Å². The van der Waals surface area contributed by atoms with Crippen molar-refractivity contribution in [2.24, 2.45) is 0 Å². The fraction of sp³-hybridized carbons (Fsp3) is 0.0833. The summed E-state index contributed by atoms with van der Waals surface area (Å²) in [6.45, 7) is 5.94. The van der Waals surface area contributed by atoms with Crippen molar-refractivity contribution < 1.29 is 0 Å². The van der Waals surface area contributed by atoms with Crippen LogP contribution in [0.3, 0.4) is 0 Å². The summed E-state index contributed by atoms with van der Waals surface area (Å²) in [6, 6.07) is 10.5. The Kier molecular flexibility index (Phi) is 3.14. The van der Waals surface area contributed by atoms with E-state index in [9.17, 15) is 0 Å². The van der Waals surface area contributed by atoms with Crippen LogP contribution >= 0.6 is 32.9 Å². The van der Waals surface area contributed by atoms with Gasteiger partial charge in [-0.15, -0.1) is 0 Å². The van der Waals surface area contributed by atoms with E-state index in [0.717, 1.165) is 9.40 Å². The predicted molar refractivity (Wildman–Crippen MR) is 73.2 cm³/mol. The summed E-state index contributed by atoms with van der Waals surface area (Å²) >= 11 is 5.12. The first kappa shape index (κ1) is 10.7. The Balaban J connectivity index is 2.39. The Hall–Kier alpha value is -0.770. The van der Waals surface area contributed by atoms with E-state index in [1.165, 1.54) is 16.0 Å². The van der Waals surface area contributed by atoms with Gasteiger partial charge < -0.3 is 0 Å². The van der Waals surface area contributed by atoms with E-state index in [-0.39, 0.29) is 0 Å². The van der Waals surface area contributed by atoms with Crippen LogP contribution in [-0.2, 0) is 0 Å². The third-order valence-electron chi connectivity index (χ3n) is 2.12. The molecule has 3 heteroatoms. The maximum absolute atomic E-state index is 5.12. The SMILES string of the molecule is C=C(C)c1ccc(-c2cc(=S)ss2)cc1.